The van der Waals surface area contributed by atoms with Crippen molar-refractivity contribution in [1.29, 1.82) is 0 Å². The zero-order valence-corrected chi connectivity index (χ0v) is 10.7. The largest absolute Gasteiger partial charge is 0.409 e. The number of oxime groups is 1. The van der Waals surface area contributed by atoms with Gasteiger partial charge in [0, 0.05) is 13.1 Å². The monoisotopic (exact) mass is 241 g/mol. The Morgan fingerprint density at radius 3 is 2.76 bits per heavy atom. The molecule has 1 unspecified atom stereocenters. The first kappa shape index (κ1) is 13.8. The molecule has 5 heteroatoms. The lowest BCUT2D eigenvalue weighted by molar-refractivity contribution is -0.129. The fourth-order valence-corrected chi connectivity index (χ4v) is 2.34. The molecule has 1 aliphatic rings. The van der Waals surface area contributed by atoms with Crippen molar-refractivity contribution in [3.05, 3.63) is 0 Å². The summed E-state index contributed by atoms with van der Waals surface area (Å²) < 4.78 is 0. The maximum Gasteiger partial charge on any atom is 0.230 e. The fraction of sp³-hybridized carbons (Fsp3) is 0.833. The third-order valence-electron chi connectivity index (χ3n) is 3.53. The van der Waals surface area contributed by atoms with E-state index in [4.69, 9.17) is 10.9 Å². The van der Waals surface area contributed by atoms with E-state index in [9.17, 15) is 4.79 Å². The van der Waals surface area contributed by atoms with E-state index < -0.39 is 0 Å². The Morgan fingerprint density at radius 1 is 1.47 bits per heavy atom. The smallest absolute Gasteiger partial charge is 0.230 e. The molecule has 0 radical (unpaired) electrons. The van der Waals surface area contributed by atoms with Crippen molar-refractivity contribution < 1.29 is 10.0 Å². The highest BCUT2D eigenvalue weighted by atomic mass is 16.4. The average Bonchev–Trinajstić information content (AvgIpc) is 2.54. The predicted molar refractivity (Wildman–Crippen MR) is 66.8 cm³/mol. The summed E-state index contributed by atoms with van der Waals surface area (Å²) in [4.78, 5) is 13.7. The Balaban J connectivity index is 2.48. The van der Waals surface area contributed by atoms with Gasteiger partial charge in [0.25, 0.3) is 0 Å². The van der Waals surface area contributed by atoms with Gasteiger partial charge in [-0.3, -0.25) is 4.79 Å². The van der Waals surface area contributed by atoms with Crippen molar-refractivity contribution in [3.8, 4) is 0 Å². The van der Waals surface area contributed by atoms with E-state index >= 15 is 0 Å². The van der Waals surface area contributed by atoms with Gasteiger partial charge >= 0.3 is 0 Å². The number of hydrogen-bond donors (Lipinski definition) is 2. The second-order valence-electron chi connectivity index (χ2n) is 5.08. The van der Waals surface area contributed by atoms with Gasteiger partial charge in [-0.05, 0) is 31.1 Å². The summed E-state index contributed by atoms with van der Waals surface area (Å²) in [7, 11) is 0. The summed E-state index contributed by atoms with van der Waals surface area (Å²) in [5.41, 5.74) is 5.35. The first-order valence-electron chi connectivity index (χ1n) is 6.28. The Kier molecular flexibility index (Phi) is 5.25. The van der Waals surface area contributed by atoms with Gasteiger partial charge in [0.15, 0.2) is 0 Å². The molecule has 0 saturated carbocycles. The van der Waals surface area contributed by atoms with E-state index in [1.165, 1.54) is 6.42 Å². The van der Waals surface area contributed by atoms with Gasteiger partial charge in [-0.1, -0.05) is 19.0 Å². The highest BCUT2D eigenvalue weighted by Gasteiger charge is 2.22. The third kappa shape index (κ3) is 4.24. The molecule has 98 valence electrons. The minimum atomic E-state index is -0.0373. The molecular weight excluding hydrogens is 218 g/mol. The average molecular weight is 241 g/mol. The molecule has 5 nitrogen and oxygen atoms in total. The second-order valence-corrected chi connectivity index (χ2v) is 5.08. The lowest BCUT2D eigenvalue weighted by Crippen LogP contribution is -2.35. The molecule has 0 spiro atoms. The zero-order valence-electron chi connectivity index (χ0n) is 10.7. The van der Waals surface area contributed by atoms with E-state index in [0.29, 0.717) is 11.8 Å². The Hall–Kier alpha value is -1.26. The molecule has 1 saturated heterocycles. The van der Waals surface area contributed by atoms with Crippen LogP contribution in [0.25, 0.3) is 0 Å². The second kappa shape index (κ2) is 6.47. The quantitative estimate of drug-likeness (QED) is 0.339. The summed E-state index contributed by atoms with van der Waals surface area (Å²) in [6.45, 7) is 6.05. The standard InChI is InChI=1S/C12H23N3O2/c1-9(2)10-4-3-6-15(7-5-10)12(16)8-11(13)14-17/h9-10,17H,3-8H2,1-2H3,(H2,13,14). The van der Waals surface area contributed by atoms with Crippen LogP contribution < -0.4 is 5.73 Å². The van der Waals surface area contributed by atoms with Crippen LogP contribution in [0.15, 0.2) is 5.16 Å². The maximum atomic E-state index is 11.9. The highest BCUT2D eigenvalue weighted by Crippen LogP contribution is 2.24. The molecule has 17 heavy (non-hydrogen) atoms. The first-order chi connectivity index (χ1) is 8.04. The summed E-state index contributed by atoms with van der Waals surface area (Å²) >= 11 is 0. The molecule has 0 aromatic carbocycles. The van der Waals surface area contributed by atoms with Crippen LogP contribution >= 0.6 is 0 Å². The number of carbonyl (C=O) groups is 1. The van der Waals surface area contributed by atoms with Crippen molar-refractivity contribution in [1.82, 2.24) is 4.90 Å². The lowest BCUT2D eigenvalue weighted by atomic mass is 9.89. The molecule has 0 aliphatic carbocycles. The number of rotatable bonds is 3. The number of nitrogens with zero attached hydrogens (tertiary/aromatic N) is 2. The molecule has 0 aromatic rings. The van der Waals surface area contributed by atoms with Crippen molar-refractivity contribution in [2.75, 3.05) is 13.1 Å². The maximum absolute atomic E-state index is 11.9. The minimum absolute atomic E-state index is 0.0142. The van der Waals surface area contributed by atoms with E-state index in [1.54, 1.807) is 0 Å². The molecular formula is C12H23N3O2. The van der Waals surface area contributed by atoms with Gasteiger partial charge in [-0.25, -0.2) is 0 Å². The van der Waals surface area contributed by atoms with Gasteiger partial charge < -0.3 is 15.8 Å². The third-order valence-corrected chi connectivity index (χ3v) is 3.53. The Morgan fingerprint density at radius 2 is 2.18 bits per heavy atom. The van der Waals surface area contributed by atoms with Crippen LogP contribution in [-0.4, -0.2) is 34.9 Å². The molecule has 1 fully saturated rings. The number of amidine groups is 1. The molecule has 1 aliphatic heterocycles. The SMILES string of the molecule is CC(C)C1CCCN(C(=O)CC(N)=NO)CC1. The number of carbonyl (C=O) groups excluding carboxylic acids is 1. The predicted octanol–water partition coefficient (Wildman–Crippen LogP) is 1.41. The summed E-state index contributed by atoms with van der Waals surface area (Å²) in [5, 5.41) is 11.3. The van der Waals surface area contributed by atoms with Gasteiger partial charge in [0.05, 0.1) is 6.42 Å². The van der Waals surface area contributed by atoms with Crippen LogP contribution in [0.1, 0.15) is 39.5 Å². The van der Waals surface area contributed by atoms with E-state index in [-0.39, 0.29) is 18.2 Å². The number of amides is 1. The van der Waals surface area contributed by atoms with Gasteiger partial charge in [0.1, 0.15) is 5.84 Å². The summed E-state index contributed by atoms with van der Waals surface area (Å²) in [5.74, 6) is 1.33. The van der Waals surface area contributed by atoms with Crippen LogP contribution in [0.2, 0.25) is 0 Å². The molecule has 0 aromatic heterocycles. The summed E-state index contributed by atoms with van der Waals surface area (Å²) in [6.07, 6.45) is 3.30. The normalized spacial score (nSPS) is 22.6. The fourth-order valence-electron chi connectivity index (χ4n) is 2.34. The van der Waals surface area contributed by atoms with Crippen molar-refractivity contribution in [2.45, 2.75) is 39.5 Å². The van der Waals surface area contributed by atoms with Crippen LogP contribution in [-0.2, 0) is 4.79 Å². The molecule has 1 heterocycles. The topological polar surface area (TPSA) is 78.9 Å². The molecule has 1 amide bonds. The van der Waals surface area contributed by atoms with Crippen molar-refractivity contribution in [2.24, 2.45) is 22.7 Å². The Labute approximate surface area is 103 Å². The lowest BCUT2D eigenvalue weighted by Gasteiger charge is -2.21. The molecule has 0 bridgehead atoms. The van der Waals surface area contributed by atoms with Gasteiger partial charge in [0.2, 0.25) is 5.91 Å². The van der Waals surface area contributed by atoms with Crippen LogP contribution in [0, 0.1) is 11.8 Å². The van der Waals surface area contributed by atoms with Crippen molar-refractivity contribution in [3.63, 3.8) is 0 Å². The minimum Gasteiger partial charge on any atom is -0.409 e. The highest BCUT2D eigenvalue weighted by molar-refractivity contribution is 5.98. The number of hydrogen-bond acceptors (Lipinski definition) is 3. The van der Waals surface area contributed by atoms with E-state index in [2.05, 4.69) is 19.0 Å². The zero-order chi connectivity index (χ0) is 12.8. The number of nitrogens with two attached hydrogens (primary N) is 1. The van der Waals surface area contributed by atoms with Gasteiger partial charge in [-0.15, -0.1) is 0 Å². The molecule has 1 atom stereocenters. The molecule has 1 rings (SSSR count). The van der Waals surface area contributed by atoms with Gasteiger partial charge in [-0.2, -0.15) is 0 Å². The van der Waals surface area contributed by atoms with Crippen LogP contribution in [0.3, 0.4) is 0 Å². The van der Waals surface area contributed by atoms with Crippen LogP contribution in [0.4, 0.5) is 0 Å². The van der Waals surface area contributed by atoms with E-state index in [0.717, 1.165) is 25.9 Å². The first-order valence-corrected chi connectivity index (χ1v) is 6.28. The van der Waals surface area contributed by atoms with Crippen molar-refractivity contribution >= 4 is 11.7 Å². The number of likely N-dealkylation sites (tertiary alicyclic amines) is 1. The summed E-state index contributed by atoms with van der Waals surface area (Å²) in [6, 6.07) is 0. The Bertz CT molecular complexity index is 289. The van der Waals surface area contributed by atoms with E-state index in [1.807, 2.05) is 4.90 Å². The van der Waals surface area contributed by atoms with Crippen LogP contribution in [0.5, 0.6) is 0 Å². The molecule has 3 N–H and O–H groups in total.